The van der Waals surface area contributed by atoms with Crippen molar-refractivity contribution in [3.05, 3.63) is 70.3 Å². The van der Waals surface area contributed by atoms with Crippen LogP contribution in [0.3, 0.4) is 0 Å². The zero-order valence-corrected chi connectivity index (χ0v) is 31.9. The van der Waals surface area contributed by atoms with Crippen molar-refractivity contribution in [1.29, 1.82) is 0 Å². The van der Waals surface area contributed by atoms with E-state index in [1.165, 1.54) is 5.56 Å². The zero-order chi connectivity index (χ0) is 35.8. The number of ether oxygens (including phenoxy) is 3. The molecule has 4 bridgehead atoms. The predicted octanol–water partition coefficient (Wildman–Crippen LogP) is 6.63. The maximum Gasteiger partial charge on any atom is 0.264 e. The molecule has 2 aromatic rings. The molecule has 1 amide bonds. The van der Waals surface area contributed by atoms with Crippen LogP contribution in [0.1, 0.15) is 80.8 Å². The summed E-state index contributed by atoms with van der Waals surface area (Å²) in [5, 5.41) is -0.0475. The average Bonchev–Trinajstić information content (AvgIpc) is 3.12. The van der Waals surface area contributed by atoms with Crippen molar-refractivity contribution in [2.75, 3.05) is 57.4 Å². The Morgan fingerprint density at radius 2 is 1.84 bits per heavy atom. The molecule has 3 heterocycles. The van der Waals surface area contributed by atoms with Crippen LogP contribution in [0.4, 0.5) is 5.69 Å². The standard InChI is InChI=1S/C40H54ClN3O6S/c1-4-40(50-21-18-43-16-19-48-20-17-43)14-7-8-28(2)29(3)51(46,47)42-38(45)31-11-13-36-35(23-31)44(27-39-24-33(25-39)37(39)40)15-6-5-9-30-22-34(41)12-10-32(30)26-49-36/h7,10-14,22-23,28-29,33,37H,4-6,8-9,15-21,24-27H2,1-3H3,(H,42,45)/b14-7+/t28-,29+,33?,37+,39?,40-/m0/s1. The number of carbonyl (C=O) groups excluding carboxylic acids is 1. The molecule has 1 saturated heterocycles. The smallest absolute Gasteiger partial charge is 0.264 e. The second-order valence-corrected chi connectivity index (χ2v) is 18.2. The molecule has 0 radical (unpaired) electrons. The Balaban J connectivity index is 1.26. The first kappa shape index (κ1) is 36.7. The number of fused-ring (bicyclic) bond motifs is 2. The minimum Gasteiger partial charge on any atom is -0.487 e. The van der Waals surface area contributed by atoms with Crippen molar-refractivity contribution < 1.29 is 27.4 Å². The fraction of sp³-hybridized carbons (Fsp3) is 0.625. The van der Waals surface area contributed by atoms with Gasteiger partial charge in [0.2, 0.25) is 10.0 Å². The normalized spacial score (nSPS) is 33.2. The van der Waals surface area contributed by atoms with Crippen LogP contribution in [0.2, 0.25) is 5.02 Å². The zero-order valence-electron chi connectivity index (χ0n) is 30.4. The topological polar surface area (TPSA) is 97.4 Å². The third-order valence-electron chi connectivity index (χ3n) is 12.6. The summed E-state index contributed by atoms with van der Waals surface area (Å²) in [6, 6.07) is 11.3. The molecule has 1 N–H and O–H groups in total. The molecule has 278 valence electrons. The Hall–Kier alpha value is -2.63. The third kappa shape index (κ3) is 7.45. The number of halogens is 1. The fourth-order valence-corrected chi connectivity index (χ4v) is 10.8. The van der Waals surface area contributed by atoms with Gasteiger partial charge in [-0.05, 0) is 111 Å². The van der Waals surface area contributed by atoms with Gasteiger partial charge in [-0.15, -0.1) is 0 Å². The number of amides is 1. The summed E-state index contributed by atoms with van der Waals surface area (Å²) in [6.45, 7) is 12.7. The first-order chi connectivity index (χ1) is 24.5. The van der Waals surface area contributed by atoms with Crippen molar-refractivity contribution in [1.82, 2.24) is 9.62 Å². The molecule has 11 heteroatoms. The maximum absolute atomic E-state index is 13.6. The van der Waals surface area contributed by atoms with E-state index in [0.717, 1.165) is 101 Å². The van der Waals surface area contributed by atoms with Crippen molar-refractivity contribution in [2.45, 2.75) is 83.2 Å². The molecule has 3 saturated carbocycles. The van der Waals surface area contributed by atoms with Crippen molar-refractivity contribution in [3.63, 3.8) is 0 Å². The van der Waals surface area contributed by atoms with E-state index < -0.39 is 26.8 Å². The lowest BCUT2D eigenvalue weighted by molar-refractivity contribution is -0.264. The van der Waals surface area contributed by atoms with E-state index >= 15 is 0 Å². The van der Waals surface area contributed by atoms with Gasteiger partial charge in [0.1, 0.15) is 12.4 Å². The molecule has 4 fully saturated rings. The molecule has 0 aromatic heterocycles. The summed E-state index contributed by atoms with van der Waals surface area (Å²) in [6.07, 6.45) is 11.0. The lowest BCUT2D eigenvalue weighted by atomic mass is 9.33. The number of carbonyl (C=O) groups is 1. The maximum atomic E-state index is 13.6. The summed E-state index contributed by atoms with van der Waals surface area (Å²) >= 11 is 6.41. The third-order valence-corrected chi connectivity index (χ3v) is 14.8. The lowest BCUT2D eigenvalue weighted by Gasteiger charge is -2.73. The number of nitrogens with zero attached hydrogens (tertiary/aromatic N) is 2. The molecule has 9 nitrogen and oxygen atoms in total. The highest BCUT2D eigenvalue weighted by Gasteiger charge is 2.71. The molecular weight excluding hydrogens is 686 g/mol. The largest absolute Gasteiger partial charge is 0.487 e. The van der Waals surface area contributed by atoms with Crippen LogP contribution in [-0.2, 0) is 32.5 Å². The quantitative estimate of drug-likeness (QED) is 0.342. The summed E-state index contributed by atoms with van der Waals surface area (Å²) in [7, 11) is -3.94. The molecule has 3 aliphatic heterocycles. The van der Waals surface area contributed by atoms with E-state index in [-0.39, 0.29) is 11.3 Å². The molecule has 0 unspecified atom stereocenters. The highest BCUT2D eigenvalue weighted by Crippen LogP contribution is 2.73. The van der Waals surface area contributed by atoms with Crippen LogP contribution in [0.5, 0.6) is 5.75 Å². The Kier molecular flexibility index (Phi) is 10.8. The van der Waals surface area contributed by atoms with Crippen LogP contribution >= 0.6 is 11.6 Å². The van der Waals surface area contributed by atoms with Gasteiger partial charge in [-0.1, -0.05) is 43.7 Å². The number of nitrogens with one attached hydrogen (secondary N) is 1. The Morgan fingerprint density at radius 3 is 2.59 bits per heavy atom. The monoisotopic (exact) mass is 739 g/mol. The number of morpholine rings is 1. The number of hydrogen-bond acceptors (Lipinski definition) is 8. The molecule has 8 rings (SSSR count). The molecule has 6 aliphatic rings. The van der Waals surface area contributed by atoms with Crippen LogP contribution in [0, 0.1) is 23.2 Å². The van der Waals surface area contributed by atoms with E-state index in [0.29, 0.717) is 42.8 Å². The molecular formula is C40H54ClN3O6S. The minimum atomic E-state index is -3.94. The molecule has 1 spiro atoms. The van der Waals surface area contributed by atoms with E-state index in [2.05, 4.69) is 33.6 Å². The Bertz CT molecular complexity index is 1720. The highest BCUT2D eigenvalue weighted by atomic mass is 35.5. The molecule has 3 aliphatic carbocycles. The number of aryl methyl sites for hydroxylation is 1. The van der Waals surface area contributed by atoms with E-state index in [9.17, 15) is 13.2 Å². The summed E-state index contributed by atoms with van der Waals surface area (Å²) < 4.78 is 48.7. The van der Waals surface area contributed by atoms with Gasteiger partial charge in [0.25, 0.3) is 5.91 Å². The van der Waals surface area contributed by atoms with E-state index in [4.69, 9.17) is 25.8 Å². The van der Waals surface area contributed by atoms with Crippen LogP contribution in [0.15, 0.2) is 48.6 Å². The minimum absolute atomic E-state index is 0.0650. The molecule has 4 atom stereocenters. The summed E-state index contributed by atoms with van der Waals surface area (Å²) in [4.78, 5) is 18.5. The average molecular weight is 740 g/mol. The van der Waals surface area contributed by atoms with Gasteiger partial charge in [-0.2, -0.15) is 0 Å². The van der Waals surface area contributed by atoms with E-state index in [1.54, 1.807) is 13.0 Å². The first-order valence-electron chi connectivity index (χ1n) is 19.0. The SMILES string of the molecule is CC[C@]1(OCCN2CCOCC2)/C=C/C[C@H](C)[C@@H](C)S(=O)(=O)NC(=O)c2ccc3c(c2)N(CCCCc2cc(Cl)ccc2CO3)CC23CC(C2)[C@H]31. The van der Waals surface area contributed by atoms with Crippen molar-refractivity contribution in [3.8, 4) is 5.75 Å². The van der Waals surface area contributed by atoms with Gasteiger partial charge in [-0.25, -0.2) is 13.1 Å². The van der Waals surface area contributed by atoms with Crippen LogP contribution < -0.4 is 14.4 Å². The van der Waals surface area contributed by atoms with Gasteiger partial charge in [0, 0.05) is 49.2 Å². The summed E-state index contributed by atoms with van der Waals surface area (Å²) in [5.74, 6) is 0.800. The van der Waals surface area contributed by atoms with Gasteiger partial charge in [0.15, 0.2) is 0 Å². The number of allylic oxidation sites excluding steroid dienone is 1. The number of anilines is 1. The second-order valence-electron chi connectivity index (χ2n) is 15.7. The number of benzene rings is 2. The highest BCUT2D eigenvalue weighted by molar-refractivity contribution is 7.90. The van der Waals surface area contributed by atoms with Gasteiger partial charge in [0.05, 0.1) is 36.4 Å². The van der Waals surface area contributed by atoms with Gasteiger partial charge < -0.3 is 19.1 Å². The first-order valence-corrected chi connectivity index (χ1v) is 20.9. The second kappa shape index (κ2) is 15.0. The number of hydrogen-bond donors (Lipinski definition) is 1. The van der Waals surface area contributed by atoms with Crippen molar-refractivity contribution in [2.24, 2.45) is 23.2 Å². The lowest BCUT2D eigenvalue weighted by Crippen LogP contribution is -2.72. The summed E-state index contributed by atoms with van der Waals surface area (Å²) in [5.41, 5.74) is 3.05. The van der Waals surface area contributed by atoms with Crippen LogP contribution in [-0.4, -0.2) is 82.6 Å². The van der Waals surface area contributed by atoms with Crippen LogP contribution in [0.25, 0.3) is 0 Å². The van der Waals surface area contributed by atoms with E-state index in [1.807, 2.05) is 37.3 Å². The fourth-order valence-electron chi connectivity index (χ4n) is 9.36. The predicted molar refractivity (Wildman–Crippen MR) is 201 cm³/mol. The van der Waals surface area contributed by atoms with Crippen molar-refractivity contribution >= 4 is 33.2 Å². The Labute approximate surface area is 309 Å². The molecule has 2 aromatic carbocycles. The number of sulfonamides is 1. The Morgan fingerprint density at radius 1 is 1.04 bits per heavy atom. The van der Waals surface area contributed by atoms with Gasteiger partial charge >= 0.3 is 0 Å². The van der Waals surface area contributed by atoms with Gasteiger partial charge in [-0.3, -0.25) is 9.69 Å². The molecule has 51 heavy (non-hydrogen) atoms. The number of rotatable bonds is 5.